The fraction of sp³-hybridized carbons (Fsp3) is 0.0588. The maximum absolute atomic E-state index is 12.8. The highest BCUT2D eigenvalue weighted by Crippen LogP contribution is 2.23. The van der Waals surface area contributed by atoms with Crippen LogP contribution in [0, 0.1) is 10.1 Å². The number of carbonyl (C=O) groups excluding carboxylic acids is 1. The molecule has 1 heterocycles. The van der Waals surface area contributed by atoms with Gasteiger partial charge in [-0.15, -0.1) is 0 Å². The molecule has 0 radical (unpaired) electrons. The van der Waals surface area contributed by atoms with Crippen molar-refractivity contribution in [1.29, 1.82) is 0 Å². The van der Waals surface area contributed by atoms with Gasteiger partial charge in [-0.2, -0.15) is 0 Å². The van der Waals surface area contributed by atoms with Crippen molar-refractivity contribution < 1.29 is 9.72 Å². The zero-order valence-corrected chi connectivity index (χ0v) is 13.9. The number of hydrogen-bond donors (Lipinski definition) is 0. The number of carbonyl (C=O) groups is 1. The lowest BCUT2D eigenvalue weighted by Gasteiger charge is -2.02. The Kier molecular flexibility index (Phi) is 4.02. The molecule has 0 saturated heterocycles. The largest absolute Gasteiger partial charge is 0.340 e. The van der Waals surface area contributed by atoms with E-state index in [2.05, 4.69) is 6.58 Å². The van der Waals surface area contributed by atoms with Gasteiger partial charge in [0, 0.05) is 28.4 Å². The SMILES string of the molecule is C=C(C)n1c(=O)n(C(=O)c2cccc(Cl)c2)c2ccc([N+](=O)[O-])cc21. The van der Waals surface area contributed by atoms with Gasteiger partial charge in [0.2, 0.25) is 0 Å². The van der Waals surface area contributed by atoms with Crippen LogP contribution in [0.2, 0.25) is 5.02 Å². The van der Waals surface area contributed by atoms with Crippen LogP contribution in [0.25, 0.3) is 16.7 Å². The van der Waals surface area contributed by atoms with E-state index >= 15 is 0 Å². The van der Waals surface area contributed by atoms with Crippen LogP contribution in [0.3, 0.4) is 0 Å². The zero-order valence-electron chi connectivity index (χ0n) is 13.1. The summed E-state index contributed by atoms with van der Waals surface area (Å²) >= 11 is 5.91. The average molecular weight is 358 g/mol. The van der Waals surface area contributed by atoms with E-state index in [-0.39, 0.29) is 22.3 Å². The molecule has 7 nitrogen and oxygen atoms in total. The molecule has 0 N–H and O–H groups in total. The van der Waals surface area contributed by atoms with E-state index in [1.165, 1.54) is 34.9 Å². The maximum atomic E-state index is 12.8. The third-order valence-electron chi connectivity index (χ3n) is 3.69. The number of allylic oxidation sites excluding steroid dienone is 1. The van der Waals surface area contributed by atoms with E-state index in [0.717, 1.165) is 4.57 Å². The van der Waals surface area contributed by atoms with Gasteiger partial charge in [0.1, 0.15) is 0 Å². The fourth-order valence-electron chi connectivity index (χ4n) is 2.62. The molecule has 1 aromatic heterocycles. The lowest BCUT2D eigenvalue weighted by atomic mass is 10.2. The number of non-ortho nitro benzene ring substituents is 1. The van der Waals surface area contributed by atoms with Crippen molar-refractivity contribution >= 4 is 39.9 Å². The average Bonchev–Trinajstić information content (AvgIpc) is 2.85. The lowest BCUT2D eigenvalue weighted by Crippen LogP contribution is -2.28. The van der Waals surface area contributed by atoms with Gasteiger partial charge in [0.05, 0.1) is 16.0 Å². The van der Waals surface area contributed by atoms with Crippen LogP contribution in [0.5, 0.6) is 0 Å². The zero-order chi connectivity index (χ0) is 18.3. The number of imidazole rings is 1. The summed E-state index contributed by atoms with van der Waals surface area (Å²) in [5.41, 5.74) is 0.232. The third kappa shape index (κ3) is 2.74. The van der Waals surface area contributed by atoms with Crippen molar-refractivity contribution in [2.45, 2.75) is 6.92 Å². The molecule has 0 aliphatic rings. The number of fused-ring (bicyclic) bond motifs is 1. The Morgan fingerprint density at radius 3 is 2.48 bits per heavy atom. The molecule has 2 aromatic carbocycles. The van der Waals surface area contributed by atoms with Gasteiger partial charge in [-0.1, -0.05) is 24.2 Å². The molecule has 0 aliphatic carbocycles. The molecule has 126 valence electrons. The van der Waals surface area contributed by atoms with Gasteiger partial charge in [-0.25, -0.2) is 9.36 Å². The van der Waals surface area contributed by atoms with E-state index in [1.807, 2.05) is 0 Å². The fourth-order valence-corrected chi connectivity index (χ4v) is 2.81. The number of rotatable bonds is 3. The summed E-state index contributed by atoms with van der Waals surface area (Å²) in [6.45, 7) is 5.30. The van der Waals surface area contributed by atoms with Crippen LogP contribution >= 0.6 is 11.6 Å². The molecule has 0 spiro atoms. The number of benzene rings is 2. The number of nitrogens with zero attached hydrogens (tertiary/aromatic N) is 3. The topological polar surface area (TPSA) is 87.1 Å². The van der Waals surface area contributed by atoms with Crippen molar-refractivity contribution in [1.82, 2.24) is 9.13 Å². The quantitative estimate of drug-likeness (QED) is 0.529. The summed E-state index contributed by atoms with van der Waals surface area (Å²) in [5.74, 6) is -0.577. The van der Waals surface area contributed by atoms with Crippen LogP contribution in [0.1, 0.15) is 17.3 Å². The van der Waals surface area contributed by atoms with Crippen LogP contribution in [-0.4, -0.2) is 20.0 Å². The molecule has 8 heteroatoms. The third-order valence-corrected chi connectivity index (χ3v) is 3.93. The second kappa shape index (κ2) is 6.03. The predicted octanol–water partition coefficient (Wildman–Crippen LogP) is 3.54. The first-order chi connectivity index (χ1) is 11.8. The van der Waals surface area contributed by atoms with Crippen molar-refractivity contribution in [3.8, 4) is 0 Å². The summed E-state index contributed by atoms with van der Waals surface area (Å²) in [5, 5.41) is 11.4. The van der Waals surface area contributed by atoms with Crippen molar-refractivity contribution in [3.63, 3.8) is 0 Å². The Morgan fingerprint density at radius 1 is 1.16 bits per heavy atom. The summed E-state index contributed by atoms with van der Waals surface area (Å²) < 4.78 is 2.13. The molecule has 0 aliphatic heterocycles. The molecule has 0 atom stereocenters. The first-order valence-electron chi connectivity index (χ1n) is 7.19. The molecular weight excluding hydrogens is 346 g/mol. The van der Waals surface area contributed by atoms with E-state index in [0.29, 0.717) is 10.7 Å². The summed E-state index contributed by atoms with van der Waals surface area (Å²) in [6, 6.07) is 10.1. The first-order valence-corrected chi connectivity index (χ1v) is 7.57. The molecule has 0 fully saturated rings. The van der Waals surface area contributed by atoms with E-state index in [9.17, 15) is 19.7 Å². The van der Waals surface area contributed by atoms with Crippen LogP contribution in [0.15, 0.2) is 53.8 Å². The Balaban J connectivity index is 2.34. The summed E-state index contributed by atoms with van der Waals surface area (Å²) in [6.07, 6.45) is 0. The first kappa shape index (κ1) is 16.7. The highest BCUT2D eigenvalue weighted by molar-refractivity contribution is 6.31. The van der Waals surface area contributed by atoms with Crippen molar-refractivity contribution in [3.05, 3.63) is 80.2 Å². The number of hydrogen-bond acceptors (Lipinski definition) is 4. The molecular formula is C17H12ClN3O4. The van der Waals surface area contributed by atoms with Gasteiger partial charge in [0.25, 0.3) is 11.6 Å². The number of halogens is 1. The lowest BCUT2D eigenvalue weighted by molar-refractivity contribution is -0.384. The van der Waals surface area contributed by atoms with E-state index in [4.69, 9.17) is 11.6 Å². The Morgan fingerprint density at radius 2 is 1.88 bits per heavy atom. The summed E-state index contributed by atoms with van der Waals surface area (Å²) in [7, 11) is 0. The Labute approximate surface area is 146 Å². The molecule has 0 saturated carbocycles. The standard InChI is InChI=1S/C17H12ClN3O4/c1-10(2)19-15-9-13(21(24)25)6-7-14(15)20(17(19)23)16(22)11-4-3-5-12(18)8-11/h3-9H,1H2,2H3. The minimum Gasteiger partial charge on any atom is -0.268 e. The minimum absolute atomic E-state index is 0.185. The second-order valence-electron chi connectivity index (χ2n) is 5.43. The van der Waals surface area contributed by atoms with Crippen molar-refractivity contribution in [2.24, 2.45) is 0 Å². The van der Waals surface area contributed by atoms with Gasteiger partial charge in [0.15, 0.2) is 0 Å². The summed E-state index contributed by atoms with van der Waals surface area (Å²) in [4.78, 5) is 36.0. The van der Waals surface area contributed by atoms with Gasteiger partial charge in [-0.05, 0) is 31.2 Å². The second-order valence-corrected chi connectivity index (χ2v) is 5.87. The smallest absolute Gasteiger partial charge is 0.268 e. The highest BCUT2D eigenvalue weighted by Gasteiger charge is 2.22. The molecule has 3 aromatic rings. The number of nitro benzene ring substituents is 1. The van der Waals surface area contributed by atoms with Gasteiger partial charge in [-0.3, -0.25) is 19.5 Å². The van der Waals surface area contributed by atoms with Crippen LogP contribution in [-0.2, 0) is 0 Å². The van der Waals surface area contributed by atoms with Gasteiger partial charge < -0.3 is 0 Å². The monoisotopic (exact) mass is 357 g/mol. The van der Waals surface area contributed by atoms with E-state index < -0.39 is 16.5 Å². The van der Waals surface area contributed by atoms with Crippen LogP contribution in [0.4, 0.5) is 5.69 Å². The molecule has 0 amide bonds. The van der Waals surface area contributed by atoms with Gasteiger partial charge >= 0.3 is 5.69 Å². The Hall–Kier alpha value is -3.19. The molecule has 3 rings (SSSR count). The molecule has 0 bridgehead atoms. The Bertz CT molecular complexity index is 1110. The maximum Gasteiger partial charge on any atom is 0.340 e. The van der Waals surface area contributed by atoms with Crippen LogP contribution < -0.4 is 5.69 Å². The normalized spacial score (nSPS) is 10.8. The molecule has 0 unspecified atom stereocenters. The van der Waals surface area contributed by atoms with E-state index in [1.54, 1.807) is 19.1 Å². The highest BCUT2D eigenvalue weighted by atomic mass is 35.5. The predicted molar refractivity (Wildman–Crippen MR) is 95.0 cm³/mol. The minimum atomic E-state index is -0.645. The van der Waals surface area contributed by atoms with Crippen molar-refractivity contribution in [2.75, 3.05) is 0 Å². The molecule has 25 heavy (non-hydrogen) atoms. The number of aromatic nitrogens is 2. The number of nitro groups is 1.